The monoisotopic (exact) mass is 503 g/mol. The maximum absolute atomic E-state index is 12.8. The molecule has 0 radical (unpaired) electrons. The first-order valence-corrected chi connectivity index (χ1v) is 12.9. The van der Waals surface area contributed by atoms with E-state index >= 15 is 0 Å². The van der Waals surface area contributed by atoms with Crippen LogP contribution in [0.4, 0.5) is 5.69 Å². The Labute approximate surface area is 216 Å². The lowest BCUT2D eigenvalue weighted by Crippen LogP contribution is -2.41. The number of rotatable bonds is 9. The van der Waals surface area contributed by atoms with Crippen LogP contribution in [0.1, 0.15) is 54.9 Å². The second-order valence-corrected chi connectivity index (χ2v) is 10.2. The molecule has 1 saturated heterocycles. The number of ether oxygens (including phenoxy) is 1. The summed E-state index contributed by atoms with van der Waals surface area (Å²) in [6.07, 6.45) is 2.06. The molecule has 3 aromatic rings. The van der Waals surface area contributed by atoms with Gasteiger partial charge in [0, 0.05) is 30.5 Å². The van der Waals surface area contributed by atoms with Gasteiger partial charge in [-0.1, -0.05) is 43.7 Å². The van der Waals surface area contributed by atoms with Crippen molar-refractivity contribution in [3.8, 4) is 17.2 Å². The van der Waals surface area contributed by atoms with Gasteiger partial charge < -0.3 is 30.1 Å². The first-order chi connectivity index (χ1) is 17.8. The Morgan fingerprint density at radius 1 is 1.03 bits per heavy atom. The number of aryl methyl sites for hydroxylation is 1. The average Bonchev–Trinajstić information content (AvgIpc) is 3.29. The molecule has 0 spiro atoms. The minimum absolute atomic E-state index is 0.00913. The van der Waals surface area contributed by atoms with E-state index in [1.165, 1.54) is 0 Å². The number of phenols is 3. The summed E-state index contributed by atoms with van der Waals surface area (Å²) in [6.45, 7) is 2.23. The van der Waals surface area contributed by atoms with Gasteiger partial charge in [0.2, 0.25) is 0 Å². The van der Waals surface area contributed by atoms with Crippen molar-refractivity contribution in [3.05, 3.63) is 82.9 Å². The quantitative estimate of drug-likeness (QED) is 0.336. The average molecular weight is 504 g/mol. The molecule has 2 aliphatic heterocycles. The van der Waals surface area contributed by atoms with Crippen molar-refractivity contribution < 1.29 is 30.0 Å². The van der Waals surface area contributed by atoms with Crippen LogP contribution in [-0.4, -0.2) is 38.5 Å². The highest BCUT2D eigenvalue weighted by molar-refractivity contribution is 5.81. The van der Waals surface area contributed by atoms with E-state index in [0.717, 1.165) is 36.1 Å². The van der Waals surface area contributed by atoms with E-state index < -0.39 is 17.9 Å². The number of fused-ring (bicyclic) bond motifs is 3. The zero-order valence-electron chi connectivity index (χ0n) is 20.9. The summed E-state index contributed by atoms with van der Waals surface area (Å²) in [5, 5.41) is 43.0. The Kier molecular flexibility index (Phi) is 6.84. The molecule has 7 heteroatoms. The molecular formula is C30H33NO6. The number of ketones is 1. The molecule has 0 saturated carbocycles. The molecule has 0 bridgehead atoms. The highest BCUT2D eigenvalue weighted by Gasteiger charge is 2.57. The number of benzene rings is 3. The van der Waals surface area contributed by atoms with Gasteiger partial charge in [-0.05, 0) is 54.3 Å². The number of aliphatic hydroxyl groups is 1. The summed E-state index contributed by atoms with van der Waals surface area (Å²) in [5.74, 6) is 0.0881. The maximum Gasteiger partial charge on any atom is 0.164 e. The van der Waals surface area contributed by atoms with Crippen molar-refractivity contribution in [3.63, 3.8) is 0 Å². The number of unbranched alkanes of at least 4 members (excludes halogenated alkanes) is 1. The summed E-state index contributed by atoms with van der Waals surface area (Å²) in [5.41, 5.74) is 2.13. The number of anilines is 1. The van der Waals surface area contributed by atoms with E-state index in [0.29, 0.717) is 11.1 Å². The van der Waals surface area contributed by atoms with Gasteiger partial charge in [-0.25, -0.2) is 0 Å². The number of phenolic OH excluding ortho intramolecular Hbond substituents is 3. The van der Waals surface area contributed by atoms with Crippen molar-refractivity contribution in [2.24, 2.45) is 0 Å². The largest absolute Gasteiger partial charge is 0.508 e. The van der Waals surface area contributed by atoms with E-state index in [4.69, 9.17) is 4.74 Å². The Morgan fingerprint density at radius 3 is 2.51 bits per heavy atom. The van der Waals surface area contributed by atoms with Crippen LogP contribution in [-0.2, 0) is 34.5 Å². The zero-order chi connectivity index (χ0) is 26.2. The number of hydrogen-bond acceptors (Lipinski definition) is 7. The first kappa shape index (κ1) is 25.1. The smallest absolute Gasteiger partial charge is 0.164 e. The molecule has 3 aromatic carbocycles. The zero-order valence-corrected chi connectivity index (χ0v) is 20.9. The second kappa shape index (κ2) is 10.1. The fraction of sp³-hybridized carbons (Fsp3) is 0.367. The number of nitrogens with zero attached hydrogens (tertiary/aromatic N) is 1. The van der Waals surface area contributed by atoms with Crippen LogP contribution in [0.5, 0.6) is 17.2 Å². The SMILES string of the molecule is CCCCc1cc(O)c(CN2c3ccccc3[C@]3(O)C[C@@H](CC(=O)Cc4cccc(O)c4)OC23)c(O)c1. The van der Waals surface area contributed by atoms with Crippen LogP contribution >= 0.6 is 0 Å². The summed E-state index contributed by atoms with van der Waals surface area (Å²) < 4.78 is 6.29. The topological polar surface area (TPSA) is 110 Å². The number of Topliss-reactive ketones (excluding diaryl/α,β-unsaturated/α-hetero) is 1. The molecule has 4 N–H and O–H groups in total. The summed E-state index contributed by atoms with van der Waals surface area (Å²) in [7, 11) is 0. The molecule has 1 unspecified atom stereocenters. The number of carbonyl (C=O) groups is 1. The van der Waals surface area contributed by atoms with Crippen LogP contribution in [0.15, 0.2) is 60.7 Å². The van der Waals surface area contributed by atoms with Crippen LogP contribution < -0.4 is 4.90 Å². The standard InChI is InChI=1S/C30H33NO6/c1-2-3-7-20-14-27(34)24(28(35)15-20)18-31-26-11-5-4-10-25(26)30(36)17-23(37-29(30)31)16-22(33)13-19-8-6-9-21(32)12-19/h4-6,8-12,14-15,23,29,32,34-36H,2-3,7,13,16-18H2,1H3/t23-,29?,30-/m1/s1. The third-order valence-corrected chi connectivity index (χ3v) is 7.41. The van der Waals surface area contributed by atoms with Crippen molar-refractivity contribution in [1.29, 1.82) is 0 Å². The maximum atomic E-state index is 12.8. The Hall–Kier alpha value is -3.55. The highest BCUT2D eigenvalue weighted by Crippen LogP contribution is 2.53. The van der Waals surface area contributed by atoms with E-state index in [-0.39, 0.29) is 48.8 Å². The molecule has 7 nitrogen and oxygen atoms in total. The minimum atomic E-state index is -1.32. The number of hydrogen-bond donors (Lipinski definition) is 4. The molecule has 0 aromatic heterocycles. The normalized spacial score (nSPS) is 22.2. The van der Waals surface area contributed by atoms with Crippen molar-refractivity contribution >= 4 is 11.5 Å². The molecule has 1 fully saturated rings. The van der Waals surface area contributed by atoms with Gasteiger partial charge in [0.1, 0.15) is 28.6 Å². The van der Waals surface area contributed by atoms with Crippen LogP contribution in [0, 0.1) is 0 Å². The molecule has 2 heterocycles. The van der Waals surface area contributed by atoms with E-state index in [2.05, 4.69) is 6.92 Å². The van der Waals surface area contributed by atoms with E-state index in [1.54, 1.807) is 36.4 Å². The molecule has 0 aliphatic carbocycles. The van der Waals surface area contributed by atoms with Gasteiger partial charge in [-0.15, -0.1) is 0 Å². The molecule has 0 amide bonds. The van der Waals surface area contributed by atoms with Gasteiger partial charge in [0.25, 0.3) is 0 Å². The first-order valence-electron chi connectivity index (χ1n) is 12.9. The molecular weight excluding hydrogens is 470 g/mol. The number of carbonyl (C=O) groups excluding carboxylic acids is 1. The van der Waals surface area contributed by atoms with Gasteiger partial charge >= 0.3 is 0 Å². The Morgan fingerprint density at radius 2 is 1.78 bits per heavy atom. The third-order valence-electron chi connectivity index (χ3n) is 7.41. The molecule has 5 rings (SSSR count). The fourth-order valence-electron chi connectivity index (χ4n) is 5.65. The van der Waals surface area contributed by atoms with E-state index in [9.17, 15) is 25.2 Å². The highest BCUT2D eigenvalue weighted by atomic mass is 16.5. The minimum Gasteiger partial charge on any atom is -0.508 e. The molecule has 2 aliphatic rings. The van der Waals surface area contributed by atoms with Crippen molar-refractivity contribution in [2.75, 3.05) is 4.90 Å². The second-order valence-electron chi connectivity index (χ2n) is 10.2. The summed E-state index contributed by atoms with van der Waals surface area (Å²) in [4.78, 5) is 14.7. The lowest BCUT2D eigenvalue weighted by Gasteiger charge is -2.29. The Balaban J connectivity index is 1.36. The lowest BCUT2D eigenvalue weighted by atomic mass is 9.89. The third kappa shape index (κ3) is 4.89. The van der Waals surface area contributed by atoms with E-state index in [1.807, 2.05) is 29.2 Å². The predicted octanol–water partition coefficient (Wildman–Crippen LogP) is 4.67. The van der Waals surface area contributed by atoms with Crippen molar-refractivity contribution in [2.45, 2.75) is 69.9 Å². The lowest BCUT2D eigenvalue weighted by molar-refractivity contribution is -0.121. The number of aromatic hydroxyl groups is 3. The summed E-state index contributed by atoms with van der Waals surface area (Å²) in [6, 6.07) is 17.5. The van der Waals surface area contributed by atoms with Crippen LogP contribution in [0.3, 0.4) is 0 Å². The molecule has 37 heavy (non-hydrogen) atoms. The van der Waals surface area contributed by atoms with Gasteiger partial charge in [0.15, 0.2) is 6.23 Å². The van der Waals surface area contributed by atoms with Gasteiger partial charge in [-0.3, -0.25) is 4.79 Å². The molecule has 3 atom stereocenters. The number of para-hydroxylation sites is 1. The molecule has 194 valence electrons. The fourth-order valence-corrected chi connectivity index (χ4v) is 5.65. The van der Waals surface area contributed by atoms with Crippen molar-refractivity contribution in [1.82, 2.24) is 0 Å². The predicted molar refractivity (Wildman–Crippen MR) is 140 cm³/mol. The van der Waals surface area contributed by atoms with Gasteiger partial charge in [-0.2, -0.15) is 0 Å². The summed E-state index contributed by atoms with van der Waals surface area (Å²) >= 11 is 0. The van der Waals surface area contributed by atoms with Gasteiger partial charge in [0.05, 0.1) is 18.2 Å². The Bertz CT molecular complexity index is 1280. The van der Waals surface area contributed by atoms with Crippen LogP contribution in [0.25, 0.3) is 0 Å². The van der Waals surface area contributed by atoms with Crippen LogP contribution in [0.2, 0.25) is 0 Å².